The van der Waals surface area contributed by atoms with E-state index in [9.17, 15) is 14.0 Å². The van der Waals surface area contributed by atoms with E-state index >= 15 is 0 Å². The van der Waals surface area contributed by atoms with Crippen LogP contribution in [0.1, 0.15) is 24.2 Å². The Kier molecular flexibility index (Phi) is 6.02. The Hall–Kier alpha value is -2.52. The first kappa shape index (κ1) is 19.2. The second-order valence-corrected chi connectivity index (χ2v) is 7.54. The first-order valence-corrected chi connectivity index (χ1v) is 9.39. The van der Waals surface area contributed by atoms with Crippen molar-refractivity contribution in [2.45, 2.75) is 19.8 Å². The number of anilines is 1. The Bertz CT molecular complexity index is 909. The highest BCUT2D eigenvalue weighted by atomic mass is 32.2. The van der Waals surface area contributed by atoms with Crippen LogP contribution in [0.2, 0.25) is 0 Å². The molecule has 2 amide bonds. The molecule has 1 fully saturated rings. The Morgan fingerprint density at radius 3 is 2.81 bits per heavy atom. The first-order valence-electron chi connectivity index (χ1n) is 8.16. The summed E-state index contributed by atoms with van der Waals surface area (Å²) in [6.07, 6.45) is 2.36. The molecule has 0 atom stereocenters. The zero-order valence-corrected chi connectivity index (χ0v) is 16.0. The SMILES string of the molecule is Cc1cc(NC(=O)CCCN2C(=O)/C(=C/c3ccc(F)cc3)SC2=S)no1. The number of benzene rings is 1. The first-order chi connectivity index (χ1) is 12.9. The molecule has 0 unspecified atom stereocenters. The quantitative estimate of drug-likeness (QED) is 0.583. The van der Waals surface area contributed by atoms with Crippen LogP contribution in [-0.4, -0.2) is 32.7 Å². The van der Waals surface area contributed by atoms with E-state index in [1.165, 1.54) is 28.8 Å². The van der Waals surface area contributed by atoms with Crippen LogP contribution in [0.4, 0.5) is 10.2 Å². The van der Waals surface area contributed by atoms with Gasteiger partial charge in [-0.1, -0.05) is 41.3 Å². The molecular weight excluding hydrogens is 389 g/mol. The maximum absolute atomic E-state index is 13.0. The van der Waals surface area contributed by atoms with Crippen molar-refractivity contribution in [3.63, 3.8) is 0 Å². The van der Waals surface area contributed by atoms with Gasteiger partial charge in [0.25, 0.3) is 5.91 Å². The fourth-order valence-electron chi connectivity index (χ4n) is 2.43. The van der Waals surface area contributed by atoms with Gasteiger partial charge in [-0.2, -0.15) is 0 Å². The number of halogens is 1. The zero-order valence-electron chi connectivity index (χ0n) is 14.4. The molecule has 1 aromatic heterocycles. The smallest absolute Gasteiger partial charge is 0.266 e. The van der Waals surface area contributed by atoms with Crippen molar-refractivity contribution in [3.05, 3.63) is 52.4 Å². The van der Waals surface area contributed by atoms with E-state index in [-0.39, 0.29) is 24.1 Å². The number of thioether (sulfide) groups is 1. The van der Waals surface area contributed by atoms with Gasteiger partial charge in [-0.05, 0) is 37.1 Å². The molecule has 0 radical (unpaired) electrons. The average Bonchev–Trinajstić information content (AvgIpc) is 3.14. The molecule has 27 heavy (non-hydrogen) atoms. The molecule has 2 aromatic rings. The molecule has 1 aliphatic rings. The molecule has 0 bridgehead atoms. The fraction of sp³-hybridized carbons (Fsp3) is 0.222. The lowest BCUT2D eigenvalue weighted by Crippen LogP contribution is -2.29. The number of aryl methyl sites for hydroxylation is 1. The summed E-state index contributed by atoms with van der Waals surface area (Å²) in [5.74, 6) is 0.220. The van der Waals surface area contributed by atoms with Crippen molar-refractivity contribution in [2.75, 3.05) is 11.9 Å². The van der Waals surface area contributed by atoms with E-state index < -0.39 is 0 Å². The number of nitrogens with zero attached hydrogens (tertiary/aromatic N) is 2. The number of hydrogen-bond donors (Lipinski definition) is 1. The number of carbonyl (C=O) groups excluding carboxylic acids is 2. The summed E-state index contributed by atoms with van der Waals surface area (Å²) in [6.45, 7) is 2.08. The third kappa shape index (κ3) is 5.01. The molecule has 0 spiro atoms. The van der Waals surface area contributed by atoms with Crippen molar-refractivity contribution in [3.8, 4) is 0 Å². The Morgan fingerprint density at radius 1 is 1.41 bits per heavy atom. The largest absolute Gasteiger partial charge is 0.360 e. The van der Waals surface area contributed by atoms with Gasteiger partial charge in [0.15, 0.2) is 5.82 Å². The number of thiocarbonyl (C=S) groups is 1. The summed E-state index contributed by atoms with van der Waals surface area (Å²) in [5, 5.41) is 6.32. The van der Waals surface area contributed by atoms with Crippen molar-refractivity contribution in [1.29, 1.82) is 0 Å². The molecule has 3 rings (SSSR count). The lowest BCUT2D eigenvalue weighted by molar-refractivity contribution is -0.122. The van der Waals surface area contributed by atoms with Gasteiger partial charge in [0.1, 0.15) is 15.9 Å². The number of aromatic nitrogens is 1. The second kappa shape index (κ2) is 8.45. The van der Waals surface area contributed by atoms with Gasteiger partial charge in [0.05, 0.1) is 4.91 Å². The van der Waals surface area contributed by atoms with Crippen LogP contribution in [0.3, 0.4) is 0 Å². The lowest BCUT2D eigenvalue weighted by Gasteiger charge is -2.13. The van der Waals surface area contributed by atoms with Crippen molar-refractivity contribution < 1.29 is 18.5 Å². The Balaban J connectivity index is 1.53. The molecule has 140 valence electrons. The van der Waals surface area contributed by atoms with Crippen LogP contribution in [0.15, 0.2) is 39.8 Å². The Labute approximate surface area is 164 Å². The van der Waals surface area contributed by atoms with Crippen LogP contribution >= 0.6 is 24.0 Å². The number of carbonyl (C=O) groups is 2. The highest BCUT2D eigenvalue weighted by Crippen LogP contribution is 2.32. The van der Waals surface area contributed by atoms with E-state index in [4.69, 9.17) is 16.7 Å². The molecule has 1 saturated heterocycles. The van der Waals surface area contributed by atoms with Gasteiger partial charge in [-0.3, -0.25) is 14.5 Å². The van der Waals surface area contributed by atoms with Gasteiger partial charge < -0.3 is 9.84 Å². The standard InChI is InChI=1S/C18H16FN3O3S2/c1-11-9-15(21-25-11)20-16(23)3-2-8-22-17(24)14(27-18(22)26)10-12-4-6-13(19)7-5-12/h4-7,9-10H,2-3,8H2,1H3,(H,20,21,23)/b14-10-. The summed E-state index contributed by atoms with van der Waals surface area (Å²) in [4.78, 5) is 26.4. The summed E-state index contributed by atoms with van der Waals surface area (Å²) in [7, 11) is 0. The predicted molar refractivity (Wildman–Crippen MR) is 105 cm³/mol. The van der Waals surface area contributed by atoms with E-state index in [1.54, 1.807) is 31.2 Å². The second-order valence-electron chi connectivity index (χ2n) is 5.86. The van der Waals surface area contributed by atoms with Gasteiger partial charge in [-0.15, -0.1) is 0 Å². The maximum Gasteiger partial charge on any atom is 0.266 e. The summed E-state index contributed by atoms with van der Waals surface area (Å²) < 4.78 is 18.3. The topological polar surface area (TPSA) is 75.4 Å². The highest BCUT2D eigenvalue weighted by molar-refractivity contribution is 8.26. The third-order valence-corrected chi connectivity index (χ3v) is 5.10. The Morgan fingerprint density at radius 2 is 2.15 bits per heavy atom. The number of amides is 2. The van der Waals surface area contributed by atoms with Crippen molar-refractivity contribution in [2.24, 2.45) is 0 Å². The minimum Gasteiger partial charge on any atom is -0.360 e. The number of nitrogens with one attached hydrogen (secondary N) is 1. The summed E-state index contributed by atoms with van der Waals surface area (Å²) >= 11 is 6.46. The third-order valence-electron chi connectivity index (χ3n) is 3.72. The van der Waals surface area contributed by atoms with Gasteiger partial charge in [0.2, 0.25) is 5.91 Å². The van der Waals surface area contributed by atoms with Gasteiger partial charge in [0, 0.05) is 19.0 Å². The summed E-state index contributed by atoms with van der Waals surface area (Å²) in [5.41, 5.74) is 0.721. The van der Waals surface area contributed by atoms with Crippen LogP contribution < -0.4 is 5.32 Å². The van der Waals surface area contributed by atoms with Crippen LogP contribution in [0, 0.1) is 12.7 Å². The number of rotatable bonds is 6. The molecule has 1 aliphatic heterocycles. The van der Waals surface area contributed by atoms with Crippen LogP contribution in [0.5, 0.6) is 0 Å². The average molecular weight is 405 g/mol. The molecule has 1 N–H and O–H groups in total. The normalized spacial score (nSPS) is 15.6. The van der Waals surface area contributed by atoms with Gasteiger partial charge in [-0.25, -0.2) is 4.39 Å². The molecule has 1 aromatic carbocycles. The lowest BCUT2D eigenvalue weighted by atomic mass is 10.2. The molecule has 2 heterocycles. The van der Waals surface area contributed by atoms with E-state index in [1.807, 2.05) is 0 Å². The molecular formula is C18H16FN3O3S2. The van der Waals surface area contributed by atoms with Crippen LogP contribution in [0.25, 0.3) is 6.08 Å². The van der Waals surface area contributed by atoms with Crippen LogP contribution in [-0.2, 0) is 9.59 Å². The maximum atomic E-state index is 13.0. The fourth-order valence-corrected chi connectivity index (χ4v) is 3.74. The summed E-state index contributed by atoms with van der Waals surface area (Å²) in [6, 6.07) is 7.49. The number of hydrogen-bond acceptors (Lipinski definition) is 6. The van der Waals surface area contributed by atoms with Gasteiger partial charge >= 0.3 is 0 Å². The highest BCUT2D eigenvalue weighted by Gasteiger charge is 2.31. The van der Waals surface area contributed by atoms with E-state index in [0.29, 0.717) is 33.8 Å². The van der Waals surface area contributed by atoms with E-state index in [0.717, 1.165) is 5.56 Å². The van der Waals surface area contributed by atoms with Crippen molar-refractivity contribution in [1.82, 2.24) is 10.1 Å². The molecule has 0 saturated carbocycles. The zero-order chi connectivity index (χ0) is 19.4. The van der Waals surface area contributed by atoms with E-state index in [2.05, 4.69) is 10.5 Å². The molecule has 0 aliphatic carbocycles. The van der Waals surface area contributed by atoms with Crippen molar-refractivity contribution >= 4 is 52.0 Å². The minimum absolute atomic E-state index is 0.207. The predicted octanol–water partition coefficient (Wildman–Crippen LogP) is 3.74. The minimum atomic E-state index is -0.334. The monoisotopic (exact) mass is 405 g/mol. The molecule has 9 heteroatoms. The molecule has 6 nitrogen and oxygen atoms in total.